The number of hydrogen-bond donors (Lipinski definition) is 2. The Hall–Kier alpha value is -3.00. The third-order valence-electron chi connectivity index (χ3n) is 4.22. The zero-order valence-electron chi connectivity index (χ0n) is 15.0. The highest BCUT2D eigenvalue weighted by Crippen LogP contribution is 2.28. The number of anilines is 2. The first kappa shape index (κ1) is 18.8. The molecular formula is C19H21FN4O3. The first-order valence-electron chi connectivity index (χ1n) is 8.70. The van der Waals surface area contributed by atoms with Crippen molar-refractivity contribution >= 4 is 28.4 Å². The number of aromatic nitrogens is 3. The highest BCUT2D eigenvalue weighted by atomic mass is 19.1. The fourth-order valence-corrected chi connectivity index (χ4v) is 2.87. The molecule has 0 spiro atoms. The van der Waals surface area contributed by atoms with E-state index >= 15 is 0 Å². The number of aliphatic hydroxyl groups is 1. The fraction of sp³-hybridized carbons (Fsp3) is 0.316. The Bertz CT molecular complexity index is 942. The monoisotopic (exact) mass is 372 g/mol. The quantitative estimate of drug-likeness (QED) is 0.466. The molecule has 2 aromatic heterocycles. The number of nitrogens with one attached hydrogen (secondary N) is 1. The van der Waals surface area contributed by atoms with Gasteiger partial charge in [0.15, 0.2) is 5.82 Å². The standard InChI is InChI=1S/C19H21FN4O3/c1-27-19(26)14-7-8-21-12-16(14)22-18-15-11-13(20)5-6-17(15)24(23-18)9-3-2-4-10-25/h5-8,11-12,25H,2-4,9-10H2,1H3,(H,22,23). The van der Waals surface area contributed by atoms with Gasteiger partial charge in [0.05, 0.1) is 30.1 Å². The maximum Gasteiger partial charge on any atom is 0.340 e. The predicted octanol–water partition coefficient (Wildman–Crippen LogP) is 3.26. The number of hydrogen-bond acceptors (Lipinski definition) is 6. The van der Waals surface area contributed by atoms with Crippen molar-refractivity contribution in [2.75, 3.05) is 19.0 Å². The molecule has 2 heterocycles. The Morgan fingerprint density at radius 1 is 1.30 bits per heavy atom. The van der Waals surface area contributed by atoms with Crippen LogP contribution < -0.4 is 5.32 Å². The molecule has 1 aromatic carbocycles. The molecule has 27 heavy (non-hydrogen) atoms. The van der Waals surface area contributed by atoms with Crippen molar-refractivity contribution in [3.05, 3.63) is 48.0 Å². The maximum atomic E-state index is 13.8. The molecule has 0 aliphatic rings. The largest absolute Gasteiger partial charge is 0.465 e. The Balaban J connectivity index is 1.95. The molecule has 142 valence electrons. The average molecular weight is 372 g/mol. The number of fused-ring (bicyclic) bond motifs is 1. The van der Waals surface area contributed by atoms with Gasteiger partial charge in [0.2, 0.25) is 0 Å². The van der Waals surface area contributed by atoms with E-state index in [9.17, 15) is 9.18 Å². The molecular weight excluding hydrogens is 351 g/mol. The number of aryl methyl sites for hydroxylation is 1. The van der Waals surface area contributed by atoms with E-state index in [-0.39, 0.29) is 12.4 Å². The van der Waals surface area contributed by atoms with Gasteiger partial charge in [0.25, 0.3) is 0 Å². The molecule has 0 aliphatic heterocycles. The predicted molar refractivity (Wildman–Crippen MR) is 99.5 cm³/mol. The zero-order chi connectivity index (χ0) is 19.2. The molecule has 8 heteroatoms. The van der Waals surface area contributed by atoms with Gasteiger partial charge in [-0.1, -0.05) is 0 Å². The van der Waals surface area contributed by atoms with Crippen LogP contribution in [-0.2, 0) is 11.3 Å². The molecule has 0 amide bonds. The second-order valence-electron chi connectivity index (χ2n) is 6.06. The summed E-state index contributed by atoms with van der Waals surface area (Å²) < 4.78 is 20.4. The van der Waals surface area contributed by atoms with E-state index in [0.717, 1.165) is 24.8 Å². The summed E-state index contributed by atoms with van der Waals surface area (Å²) in [4.78, 5) is 16.0. The number of carbonyl (C=O) groups excluding carboxylic acids is 1. The number of benzene rings is 1. The van der Waals surface area contributed by atoms with E-state index in [0.29, 0.717) is 29.0 Å². The summed E-state index contributed by atoms with van der Waals surface area (Å²) in [6.07, 6.45) is 5.44. The SMILES string of the molecule is COC(=O)c1ccncc1Nc1nn(CCCCCO)c2ccc(F)cc12. The van der Waals surface area contributed by atoms with Crippen LogP contribution in [0.5, 0.6) is 0 Å². The molecule has 0 unspecified atom stereocenters. The first-order chi connectivity index (χ1) is 13.1. The van der Waals surface area contributed by atoms with E-state index < -0.39 is 5.97 Å². The second-order valence-corrected chi connectivity index (χ2v) is 6.06. The molecule has 0 saturated carbocycles. The third-order valence-corrected chi connectivity index (χ3v) is 4.22. The number of unbranched alkanes of at least 4 members (excludes halogenated alkanes) is 2. The lowest BCUT2D eigenvalue weighted by atomic mass is 10.2. The second kappa shape index (κ2) is 8.59. The molecule has 0 atom stereocenters. The number of carbonyl (C=O) groups is 1. The number of esters is 1. The molecule has 3 rings (SSSR count). The van der Waals surface area contributed by atoms with Gasteiger partial charge in [-0.25, -0.2) is 9.18 Å². The lowest BCUT2D eigenvalue weighted by Gasteiger charge is -2.08. The minimum atomic E-state index is -0.501. The maximum absolute atomic E-state index is 13.8. The molecule has 0 aliphatic carbocycles. The number of pyridine rings is 1. The smallest absolute Gasteiger partial charge is 0.340 e. The highest BCUT2D eigenvalue weighted by molar-refractivity contribution is 5.98. The Morgan fingerprint density at radius 3 is 2.93 bits per heavy atom. The van der Waals surface area contributed by atoms with E-state index in [2.05, 4.69) is 15.4 Å². The van der Waals surface area contributed by atoms with Crippen molar-refractivity contribution in [2.24, 2.45) is 0 Å². The average Bonchev–Trinajstić information content (AvgIpc) is 3.01. The lowest BCUT2D eigenvalue weighted by molar-refractivity contribution is 0.0601. The van der Waals surface area contributed by atoms with Crippen molar-refractivity contribution in [1.82, 2.24) is 14.8 Å². The fourth-order valence-electron chi connectivity index (χ4n) is 2.87. The van der Waals surface area contributed by atoms with Crippen LogP contribution in [0.4, 0.5) is 15.9 Å². The van der Waals surface area contributed by atoms with Crippen molar-refractivity contribution in [3.63, 3.8) is 0 Å². The summed E-state index contributed by atoms with van der Waals surface area (Å²) >= 11 is 0. The molecule has 7 nitrogen and oxygen atoms in total. The topological polar surface area (TPSA) is 89.3 Å². The van der Waals surface area contributed by atoms with E-state index in [1.165, 1.54) is 31.6 Å². The molecule has 0 bridgehead atoms. The van der Waals surface area contributed by atoms with Crippen molar-refractivity contribution < 1.29 is 19.0 Å². The van der Waals surface area contributed by atoms with Crippen LogP contribution in [0.15, 0.2) is 36.7 Å². The van der Waals surface area contributed by atoms with E-state index in [1.807, 2.05) is 0 Å². The molecule has 2 N–H and O–H groups in total. The lowest BCUT2D eigenvalue weighted by Crippen LogP contribution is -2.07. The normalized spacial score (nSPS) is 10.9. The summed E-state index contributed by atoms with van der Waals surface area (Å²) in [6.45, 7) is 0.801. The van der Waals surface area contributed by atoms with Gasteiger partial charge < -0.3 is 15.2 Å². The number of methoxy groups -OCH3 is 1. The van der Waals surface area contributed by atoms with Gasteiger partial charge in [-0.05, 0) is 43.5 Å². The van der Waals surface area contributed by atoms with Gasteiger partial charge >= 0.3 is 5.97 Å². The minimum absolute atomic E-state index is 0.162. The van der Waals surface area contributed by atoms with Crippen LogP contribution in [0, 0.1) is 5.82 Å². The van der Waals surface area contributed by atoms with Crippen molar-refractivity contribution in [3.8, 4) is 0 Å². The van der Waals surface area contributed by atoms with Crippen molar-refractivity contribution in [2.45, 2.75) is 25.8 Å². The van der Waals surface area contributed by atoms with Gasteiger partial charge in [0.1, 0.15) is 5.82 Å². The summed E-state index contributed by atoms with van der Waals surface area (Å²) in [5.74, 6) is -0.437. The summed E-state index contributed by atoms with van der Waals surface area (Å²) in [5.41, 5.74) is 1.53. The van der Waals surface area contributed by atoms with Gasteiger partial charge in [-0.3, -0.25) is 9.67 Å². The number of ether oxygens (including phenoxy) is 1. The van der Waals surface area contributed by atoms with Gasteiger partial charge in [-0.2, -0.15) is 5.10 Å². The molecule has 3 aromatic rings. The van der Waals surface area contributed by atoms with Crippen molar-refractivity contribution in [1.29, 1.82) is 0 Å². The minimum Gasteiger partial charge on any atom is -0.465 e. The van der Waals surface area contributed by atoms with Gasteiger partial charge in [0, 0.05) is 24.7 Å². The summed E-state index contributed by atoms with van der Waals surface area (Å²) in [6, 6.07) is 6.02. The van der Waals surface area contributed by atoms with Crippen LogP contribution in [0.2, 0.25) is 0 Å². The van der Waals surface area contributed by atoms with Crippen LogP contribution in [0.1, 0.15) is 29.6 Å². The third kappa shape index (κ3) is 4.22. The Morgan fingerprint density at radius 2 is 2.15 bits per heavy atom. The molecule has 0 fully saturated rings. The van der Waals surface area contributed by atoms with E-state index in [1.54, 1.807) is 16.8 Å². The van der Waals surface area contributed by atoms with Crippen LogP contribution in [0.25, 0.3) is 10.9 Å². The van der Waals surface area contributed by atoms with Crippen LogP contribution in [0.3, 0.4) is 0 Å². The number of nitrogens with zero attached hydrogens (tertiary/aromatic N) is 3. The number of aliphatic hydroxyl groups excluding tert-OH is 1. The summed E-state index contributed by atoms with van der Waals surface area (Å²) in [5, 5.41) is 17.1. The molecule has 0 saturated heterocycles. The first-order valence-corrected chi connectivity index (χ1v) is 8.70. The summed E-state index contributed by atoms with van der Waals surface area (Å²) in [7, 11) is 1.30. The Kier molecular flexibility index (Phi) is 5.97. The molecule has 0 radical (unpaired) electrons. The van der Waals surface area contributed by atoms with Crippen LogP contribution >= 0.6 is 0 Å². The Labute approximate surface area is 155 Å². The highest BCUT2D eigenvalue weighted by Gasteiger charge is 2.16. The zero-order valence-corrected chi connectivity index (χ0v) is 15.0. The number of rotatable bonds is 8. The van der Waals surface area contributed by atoms with E-state index in [4.69, 9.17) is 9.84 Å². The van der Waals surface area contributed by atoms with Gasteiger partial charge in [-0.15, -0.1) is 0 Å². The number of halogens is 1. The van der Waals surface area contributed by atoms with Crippen LogP contribution in [-0.4, -0.2) is 39.6 Å².